The van der Waals surface area contributed by atoms with Gasteiger partial charge in [0.1, 0.15) is 6.54 Å². The summed E-state index contributed by atoms with van der Waals surface area (Å²) in [6.07, 6.45) is -2.73. The summed E-state index contributed by atoms with van der Waals surface area (Å²) >= 11 is 0. The van der Waals surface area contributed by atoms with Crippen molar-refractivity contribution >= 4 is 11.8 Å². The lowest BCUT2D eigenvalue weighted by molar-refractivity contribution is -0.157. The number of halogens is 3. The largest absolute Gasteiger partial charge is 0.406 e. The van der Waals surface area contributed by atoms with E-state index in [0.29, 0.717) is 19.7 Å². The lowest BCUT2D eigenvalue weighted by atomic mass is 9.97. The smallest absolute Gasteiger partial charge is 0.384 e. The molecule has 2 heterocycles. The van der Waals surface area contributed by atoms with E-state index in [-0.39, 0.29) is 24.8 Å². The molecule has 22 heavy (non-hydrogen) atoms. The van der Waals surface area contributed by atoms with E-state index in [9.17, 15) is 22.8 Å². The van der Waals surface area contributed by atoms with Crippen LogP contribution in [0, 0.1) is 11.8 Å². The molecule has 0 aromatic rings. The molecule has 2 fully saturated rings. The highest BCUT2D eigenvalue weighted by Crippen LogP contribution is 2.26. The molecular weight excluding hydrogens is 301 g/mol. The zero-order chi connectivity index (χ0) is 16.3. The summed E-state index contributed by atoms with van der Waals surface area (Å²) in [6, 6.07) is 0. The Kier molecular flexibility index (Phi) is 5.31. The molecule has 0 aliphatic carbocycles. The first-order chi connectivity index (χ1) is 10.3. The van der Waals surface area contributed by atoms with Gasteiger partial charge in [0.25, 0.3) is 0 Å². The van der Waals surface area contributed by atoms with Gasteiger partial charge in [-0.05, 0) is 18.8 Å². The number of rotatable bonds is 4. The van der Waals surface area contributed by atoms with Crippen LogP contribution in [0.5, 0.6) is 0 Å². The molecule has 2 amide bonds. The van der Waals surface area contributed by atoms with Crippen molar-refractivity contribution in [1.29, 1.82) is 0 Å². The fourth-order valence-electron chi connectivity index (χ4n) is 3.20. The van der Waals surface area contributed by atoms with Gasteiger partial charge in [-0.3, -0.25) is 9.59 Å². The summed E-state index contributed by atoms with van der Waals surface area (Å²) in [7, 11) is 1.60. The highest BCUT2D eigenvalue weighted by atomic mass is 19.4. The monoisotopic (exact) mass is 322 g/mol. The van der Waals surface area contributed by atoms with Crippen LogP contribution in [0.1, 0.15) is 19.3 Å². The third-order valence-electron chi connectivity index (χ3n) is 4.17. The number of ether oxygens (including phenoxy) is 1. The molecule has 2 saturated heterocycles. The number of hydrogen-bond acceptors (Lipinski definition) is 3. The molecule has 0 unspecified atom stereocenters. The first kappa shape index (κ1) is 17.1. The Morgan fingerprint density at radius 1 is 1.36 bits per heavy atom. The average molecular weight is 322 g/mol. The highest BCUT2D eigenvalue weighted by molar-refractivity contribution is 5.89. The van der Waals surface area contributed by atoms with Gasteiger partial charge in [0.2, 0.25) is 11.8 Å². The number of methoxy groups -OCH3 is 1. The summed E-state index contributed by atoms with van der Waals surface area (Å²) in [4.78, 5) is 26.5. The maximum Gasteiger partial charge on any atom is 0.406 e. The molecule has 0 N–H and O–H groups in total. The normalized spacial score (nSPS) is 26.6. The number of hydrogen-bond donors (Lipinski definition) is 0. The van der Waals surface area contributed by atoms with Gasteiger partial charge in [0.15, 0.2) is 0 Å². The van der Waals surface area contributed by atoms with E-state index < -0.39 is 24.5 Å². The quantitative estimate of drug-likeness (QED) is 0.783. The lowest BCUT2D eigenvalue weighted by Gasteiger charge is -2.34. The Bertz CT molecular complexity index is 426. The van der Waals surface area contributed by atoms with Crippen molar-refractivity contribution in [3.63, 3.8) is 0 Å². The van der Waals surface area contributed by atoms with Crippen LogP contribution in [0.4, 0.5) is 13.2 Å². The second kappa shape index (κ2) is 6.85. The Hall–Kier alpha value is -1.31. The van der Waals surface area contributed by atoms with Crippen LogP contribution < -0.4 is 0 Å². The summed E-state index contributed by atoms with van der Waals surface area (Å²) in [6.45, 7) is 0.303. The molecule has 0 saturated carbocycles. The minimum atomic E-state index is -4.43. The number of nitrogens with zero attached hydrogens (tertiary/aromatic N) is 2. The van der Waals surface area contributed by atoms with Crippen LogP contribution in [0.2, 0.25) is 0 Å². The van der Waals surface area contributed by atoms with E-state index in [1.54, 1.807) is 12.0 Å². The second-order valence-corrected chi connectivity index (χ2v) is 6.04. The number of carbonyl (C=O) groups is 2. The zero-order valence-corrected chi connectivity index (χ0v) is 12.6. The summed E-state index contributed by atoms with van der Waals surface area (Å²) in [5.74, 6) is -1.21. The Labute approximate surface area is 127 Å². The fourth-order valence-corrected chi connectivity index (χ4v) is 3.20. The molecule has 0 aromatic carbocycles. The molecule has 0 aromatic heterocycles. The summed E-state index contributed by atoms with van der Waals surface area (Å²) < 4.78 is 42.3. The van der Waals surface area contributed by atoms with Gasteiger partial charge < -0.3 is 14.5 Å². The molecule has 2 rings (SSSR count). The second-order valence-electron chi connectivity index (χ2n) is 6.04. The van der Waals surface area contributed by atoms with Crippen molar-refractivity contribution < 1.29 is 27.5 Å². The third kappa shape index (κ3) is 4.34. The van der Waals surface area contributed by atoms with Gasteiger partial charge in [0.05, 0.1) is 12.5 Å². The van der Waals surface area contributed by atoms with Crippen LogP contribution in [0.3, 0.4) is 0 Å². The number of amides is 2. The van der Waals surface area contributed by atoms with Crippen molar-refractivity contribution in [2.24, 2.45) is 11.8 Å². The molecule has 5 nitrogen and oxygen atoms in total. The Balaban J connectivity index is 1.92. The van der Waals surface area contributed by atoms with Crippen LogP contribution in [-0.4, -0.2) is 67.7 Å². The summed E-state index contributed by atoms with van der Waals surface area (Å²) in [5.41, 5.74) is 0. The van der Waals surface area contributed by atoms with Crippen molar-refractivity contribution in [2.45, 2.75) is 25.4 Å². The van der Waals surface area contributed by atoms with Crippen molar-refractivity contribution in [3.05, 3.63) is 0 Å². The molecule has 0 spiro atoms. The predicted octanol–water partition coefficient (Wildman–Crippen LogP) is 1.28. The Morgan fingerprint density at radius 2 is 2.09 bits per heavy atom. The first-order valence-corrected chi connectivity index (χ1v) is 7.42. The number of likely N-dealkylation sites (tertiary alicyclic amines) is 2. The summed E-state index contributed by atoms with van der Waals surface area (Å²) in [5, 5.41) is 0. The number of carbonyl (C=O) groups excluding carboxylic acids is 2. The zero-order valence-electron chi connectivity index (χ0n) is 12.6. The lowest BCUT2D eigenvalue weighted by Crippen LogP contribution is -2.44. The molecule has 126 valence electrons. The van der Waals surface area contributed by atoms with Crippen LogP contribution in [-0.2, 0) is 14.3 Å². The molecule has 2 atom stereocenters. The molecule has 8 heteroatoms. The van der Waals surface area contributed by atoms with Gasteiger partial charge in [0, 0.05) is 33.2 Å². The predicted molar refractivity (Wildman–Crippen MR) is 71.9 cm³/mol. The average Bonchev–Trinajstić information content (AvgIpc) is 2.78. The number of piperidine rings is 1. The maximum atomic E-state index is 12.4. The molecule has 2 aliphatic rings. The standard InChI is InChI=1S/C14H21F3N2O3/c1-22-8-10-3-2-4-18(6-10)13(21)11-5-12(20)19(7-11)9-14(15,16)17/h10-11H,2-9H2,1H3/t10-,11+/m1/s1. The van der Waals surface area contributed by atoms with E-state index in [2.05, 4.69) is 0 Å². The number of alkyl halides is 3. The molecule has 2 aliphatic heterocycles. The van der Waals surface area contributed by atoms with Crippen molar-refractivity contribution in [2.75, 3.05) is 39.9 Å². The molecule has 0 radical (unpaired) electrons. The molecule has 0 bridgehead atoms. The van der Waals surface area contributed by atoms with Crippen LogP contribution in [0.25, 0.3) is 0 Å². The maximum absolute atomic E-state index is 12.4. The molecular formula is C14H21F3N2O3. The van der Waals surface area contributed by atoms with Crippen molar-refractivity contribution in [3.8, 4) is 0 Å². The third-order valence-corrected chi connectivity index (χ3v) is 4.17. The van der Waals surface area contributed by atoms with E-state index in [1.165, 1.54) is 0 Å². The fraction of sp³-hybridized carbons (Fsp3) is 0.857. The van der Waals surface area contributed by atoms with Gasteiger partial charge in [-0.1, -0.05) is 0 Å². The highest BCUT2D eigenvalue weighted by Gasteiger charge is 2.42. The van der Waals surface area contributed by atoms with Crippen molar-refractivity contribution in [1.82, 2.24) is 9.80 Å². The van der Waals surface area contributed by atoms with Gasteiger partial charge in [-0.15, -0.1) is 0 Å². The van der Waals surface area contributed by atoms with Gasteiger partial charge >= 0.3 is 6.18 Å². The first-order valence-electron chi connectivity index (χ1n) is 7.42. The van der Waals surface area contributed by atoms with E-state index in [1.807, 2.05) is 0 Å². The van der Waals surface area contributed by atoms with E-state index in [4.69, 9.17) is 4.74 Å². The topological polar surface area (TPSA) is 49.9 Å². The van der Waals surface area contributed by atoms with E-state index >= 15 is 0 Å². The van der Waals surface area contributed by atoms with Crippen LogP contribution >= 0.6 is 0 Å². The minimum absolute atomic E-state index is 0.125. The van der Waals surface area contributed by atoms with Crippen LogP contribution in [0.15, 0.2) is 0 Å². The minimum Gasteiger partial charge on any atom is -0.384 e. The van der Waals surface area contributed by atoms with Gasteiger partial charge in [-0.2, -0.15) is 13.2 Å². The SMILES string of the molecule is COC[C@@H]1CCCN(C(=O)[C@H]2CC(=O)N(CC(F)(F)F)C2)C1. The Morgan fingerprint density at radius 3 is 2.73 bits per heavy atom. The van der Waals surface area contributed by atoms with E-state index in [0.717, 1.165) is 17.7 Å². The van der Waals surface area contributed by atoms with Gasteiger partial charge in [-0.25, -0.2) is 0 Å².